The van der Waals surface area contributed by atoms with E-state index in [1.165, 1.54) is 25.7 Å². The molecule has 0 saturated heterocycles. The largest absolute Gasteiger partial charge is 0.337 e. The van der Waals surface area contributed by atoms with Crippen LogP contribution in [0.3, 0.4) is 0 Å². The first kappa shape index (κ1) is 13.3. The van der Waals surface area contributed by atoms with Crippen molar-refractivity contribution < 1.29 is 4.79 Å². The lowest BCUT2D eigenvalue weighted by molar-refractivity contribution is 0.0712. The van der Waals surface area contributed by atoms with Crippen molar-refractivity contribution in [3.8, 4) is 0 Å². The van der Waals surface area contributed by atoms with E-state index in [1.54, 1.807) is 18.3 Å². The van der Waals surface area contributed by atoms with Gasteiger partial charge in [0.2, 0.25) is 0 Å². The van der Waals surface area contributed by atoms with Gasteiger partial charge in [-0.2, -0.15) is 0 Å². The molecule has 1 aromatic heterocycles. The monoisotopic (exact) mass is 266 g/mol. The van der Waals surface area contributed by atoms with Crippen molar-refractivity contribution in [3.63, 3.8) is 0 Å². The number of carbonyl (C=O) groups excluding carboxylic acids is 1. The highest BCUT2D eigenvalue weighted by Gasteiger charge is 2.22. The fourth-order valence-corrected chi connectivity index (χ4v) is 2.67. The second kappa shape index (κ2) is 6.19. The minimum absolute atomic E-state index is 0.0237. The highest BCUT2D eigenvalue weighted by atomic mass is 35.5. The van der Waals surface area contributed by atoms with Gasteiger partial charge in [-0.05, 0) is 25.0 Å². The molecule has 0 radical (unpaired) electrons. The SMILES string of the molecule is CN(C(=O)c1cc(Cl)ccn1)C1CCCCCC1. The van der Waals surface area contributed by atoms with Crippen LogP contribution in [-0.4, -0.2) is 28.9 Å². The van der Waals surface area contributed by atoms with Crippen LogP contribution < -0.4 is 0 Å². The van der Waals surface area contributed by atoms with Gasteiger partial charge in [0, 0.05) is 24.3 Å². The minimum atomic E-state index is -0.0237. The molecule has 18 heavy (non-hydrogen) atoms. The summed E-state index contributed by atoms with van der Waals surface area (Å²) in [5, 5.41) is 0.558. The second-order valence-electron chi connectivity index (χ2n) is 4.92. The smallest absolute Gasteiger partial charge is 0.272 e. The van der Waals surface area contributed by atoms with Gasteiger partial charge >= 0.3 is 0 Å². The molecule has 1 aromatic rings. The standard InChI is InChI=1S/C14H19ClN2O/c1-17(12-6-4-2-3-5-7-12)14(18)13-10-11(15)8-9-16-13/h8-10,12H,2-7H2,1H3. The molecule has 1 aliphatic rings. The van der Waals surface area contributed by atoms with Gasteiger partial charge in [0.25, 0.3) is 5.91 Å². The third-order valence-electron chi connectivity index (χ3n) is 3.63. The Labute approximate surface area is 113 Å². The molecule has 0 bridgehead atoms. The predicted octanol–water partition coefficient (Wildman–Crippen LogP) is 3.53. The van der Waals surface area contributed by atoms with E-state index in [2.05, 4.69) is 4.98 Å². The van der Waals surface area contributed by atoms with E-state index >= 15 is 0 Å². The van der Waals surface area contributed by atoms with Gasteiger partial charge < -0.3 is 4.90 Å². The molecule has 1 amide bonds. The normalized spacial score (nSPS) is 17.2. The van der Waals surface area contributed by atoms with E-state index in [1.807, 2.05) is 11.9 Å². The van der Waals surface area contributed by atoms with Crippen LogP contribution in [0, 0.1) is 0 Å². The molecule has 1 heterocycles. The Morgan fingerprint density at radius 3 is 2.61 bits per heavy atom. The van der Waals surface area contributed by atoms with E-state index in [-0.39, 0.29) is 5.91 Å². The van der Waals surface area contributed by atoms with Gasteiger partial charge in [-0.1, -0.05) is 37.3 Å². The summed E-state index contributed by atoms with van der Waals surface area (Å²) in [6.07, 6.45) is 8.78. The topological polar surface area (TPSA) is 33.2 Å². The van der Waals surface area contributed by atoms with Crippen molar-refractivity contribution in [2.75, 3.05) is 7.05 Å². The average molecular weight is 267 g/mol. The van der Waals surface area contributed by atoms with Crippen LogP contribution in [0.5, 0.6) is 0 Å². The van der Waals surface area contributed by atoms with Crippen molar-refractivity contribution in [1.29, 1.82) is 0 Å². The number of hydrogen-bond acceptors (Lipinski definition) is 2. The van der Waals surface area contributed by atoms with Gasteiger partial charge in [0.05, 0.1) is 0 Å². The quantitative estimate of drug-likeness (QED) is 0.768. The van der Waals surface area contributed by atoms with Crippen molar-refractivity contribution in [1.82, 2.24) is 9.88 Å². The summed E-state index contributed by atoms with van der Waals surface area (Å²) in [5.74, 6) is -0.0237. The predicted molar refractivity (Wildman–Crippen MR) is 72.8 cm³/mol. The third kappa shape index (κ3) is 3.22. The molecule has 1 saturated carbocycles. The Hall–Kier alpha value is -1.09. The van der Waals surface area contributed by atoms with E-state index in [9.17, 15) is 4.79 Å². The highest BCUT2D eigenvalue weighted by Crippen LogP contribution is 2.22. The second-order valence-corrected chi connectivity index (χ2v) is 5.36. The van der Waals surface area contributed by atoms with Crippen LogP contribution in [0.4, 0.5) is 0 Å². The number of rotatable bonds is 2. The van der Waals surface area contributed by atoms with Gasteiger partial charge in [-0.15, -0.1) is 0 Å². The molecule has 98 valence electrons. The summed E-state index contributed by atoms with van der Waals surface area (Å²) >= 11 is 5.89. The summed E-state index contributed by atoms with van der Waals surface area (Å²) in [5.41, 5.74) is 0.439. The minimum Gasteiger partial charge on any atom is -0.337 e. The van der Waals surface area contributed by atoms with Crippen LogP contribution in [0.25, 0.3) is 0 Å². The van der Waals surface area contributed by atoms with Crippen LogP contribution in [0.15, 0.2) is 18.3 Å². The van der Waals surface area contributed by atoms with Crippen molar-refractivity contribution in [2.45, 2.75) is 44.6 Å². The van der Waals surface area contributed by atoms with Crippen LogP contribution in [-0.2, 0) is 0 Å². The zero-order valence-corrected chi connectivity index (χ0v) is 11.5. The lowest BCUT2D eigenvalue weighted by Gasteiger charge is -2.26. The maximum Gasteiger partial charge on any atom is 0.272 e. The summed E-state index contributed by atoms with van der Waals surface area (Å²) in [6.45, 7) is 0. The van der Waals surface area contributed by atoms with E-state index in [0.717, 1.165) is 12.8 Å². The number of amides is 1. The Morgan fingerprint density at radius 1 is 1.33 bits per heavy atom. The summed E-state index contributed by atoms with van der Waals surface area (Å²) < 4.78 is 0. The van der Waals surface area contributed by atoms with Crippen LogP contribution >= 0.6 is 11.6 Å². The first-order chi connectivity index (χ1) is 8.68. The summed E-state index contributed by atoms with van der Waals surface area (Å²) in [7, 11) is 1.88. The molecular weight excluding hydrogens is 248 g/mol. The van der Waals surface area contributed by atoms with E-state index < -0.39 is 0 Å². The molecule has 1 fully saturated rings. The number of aromatic nitrogens is 1. The molecule has 3 nitrogen and oxygen atoms in total. The molecule has 0 N–H and O–H groups in total. The maximum atomic E-state index is 12.3. The lowest BCUT2D eigenvalue weighted by Crippen LogP contribution is -2.37. The Bertz CT molecular complexity index is 414. The van der Waals surface area contributed by atoms with Crippen molar-refractivity contribution >= 4 is 17.5 Å². The molecule has 1 aliphatic carbocycles. The van der Waals surface area contributed by atoms with Crippen LogP contribution in [0.1, 0.15) is 49.0 Å². The van der Waals surface area contributed by atoms with Gasteiger partial charge in [-0.25, -0.2) is 0 Å². The van der Waals surface area contributed by atoms with E-state index in [4.69, 9.17) is 11.6 Å². The molecular formula is C14H19ClN2O. The Kier molecular flexibility index (Phi) is 4.59. The van der Waals surface area contributed by atoms with Gasteiger partial charge in [0.15, 0.2) is 0 Å². The fourth-order valence-electron chi connectivity index (χ4n) is 2.51. The zero-order valence-electron chi connectivity index (χ0n) is 10.7. The number of hydrogen-bond donors (Lipinski definition) is 0. The number of carbonyl (C=O) groups is 1. The molecule has 0 aliphatic heterocycles. The first-order valence-corrected chi connectivity index (χ1v) is 6.95. The Balaban J connectivity index is 2.07. The van der Waals surface area contributed by atoms with Crippen molar-refractivity contribution in [2.24, 2.45) is 0 Å². The third-order valence-corrected chi connectivity index (χ3v) is 3.87. The number of pyridine rings is 1. The maximum absolute atomic E-state index is 12.3. The fraction of sp³-hybridized carbons (Fsp3) is 0.571. The summed E-state index contributed by atoms with van der Waals surface area (Å²) in [4.78, 5) is 18.3. The summed E-state index contributed by atoms with van der Waals surface area (Å²) in [6, 6.07) is 3.67. The molecule has 4 heteroatoms. The van der Waals surface area contributed by atoms with Crippen LogP contribution in [0.2, 0.25) is 5.02 Å². The van der Waals surface area contributed by atoms with Gasteiger partial charge in [0.1, 0.15) is 5.69 Å². The number of nitrogens with zero attached hydrogens (tertiary/aromatic N) is 2. The molecule has 0 unspecified atom stereocenters. The first-order valence-electron chi connectivity index (χ1n) is 6.57. The molecule has 0 atom stereocenters. The van der Waals surface area contributed by atoms with Crippen molar-refractivity contribution in [3.05, 3.63) is 29.0 Å². The molecule has 0 aromatic carbocycles. The van der Waals surface area contributed by atoms with Gasteiger partial charge in [-0.3, -0.25) is 9.78 Å². The Morgan fingerprint density at radius 2 is 2.00 bits per heavy atom. The zero-order chi connectivity index (χ0) is 13.0. The number of halogens is 1. The van der Waals surface area contributed by atoms with E-state index in [0.29, 0.717) is 16.8 Å². The average Bonchev–Trinajstić information content (AvgIpc) is 2.66. The highest BCUT2D eigenvalue weighted by molar-refractivity contribution is 6.30. The molecule has 0 spiro atoms. The lowest BCUT2D eigenvalue weighted by atomic mass is 10.1. The molecule has 2 rings (SSSR count).